The van der Waals surface area contributed by atoms with Crippen LogP contribution in [0.1, 0.15) is 48.2 Å². The van der Waals surface area contributed by atoms with Crippen molar-refractivity contribution in [1.82, 2.24) is 5.32 Å². The van der Waals surface area contributed by atoms with Gasteiger partial charge in [-0.25, -0.2) is 0 Å². The minimum Gasteiger partial charge on any atom is -0.391 e. The second-order valence-electron chi connectivity index (χ2n) is 5.86. The predicted octanol–water partition coefficient (Wildman–Crippen LogP) is 2.13. The number of hydrogen-bond acceptors (Lipinski definition) is 4. The predicted molar refractivity (Wildman–Crippen MR) is 81.4 cm³/mol. The first-order valence-electron chi connectivity index (χ1n) is 7.53. The molecule has 2 atom stereocenters. The maximum absolute atomic E-state index is 12.2. The number of amides is 2. The fraction of sp³-hybridized carbons (Fsp3) is 0.600. The van der Waals surface area contributed by atoms with Crippen LogP contribution in [0.15, 0.2) is 12.1 Å². The first-order valence-corrected chi connectivity index (χ1v) is 8.35. The zero-order valence-electron chi connectivity index (χ0n) is 11.8. The van der Waals surface area contributed by atoms with Crippen LogP contribution in [0.5, 0.6) is 0 Å². The number of carbonyl (C=O) groups is 2. The van der Waals surface area contributed by atoms with Crippen LogP contribution >= 0.6 is 11.3 Å². The second-order valence-corrected chi connectivity index (χ2v) is 6.94. The Morgan fingerprint density at radius 3 is 2.62 bits per heavy atom. The van der Waals surface area contributed by atoms with Crippen molar-refractivity contribution in [2.45, 2.75) is 50.7 Å². The molecular weight excluding hydrogens is 288 g/mol. The summed E-state index contributed by atoms with van der Waals surface area (Å²) < 4.78 is 0. The standard InChI is InChI=1S/C15H20N2O3S/c18-11-4-2-1-3-10(11)16-15(20)12-7-8-13(21-12)17-14(19)9-5-6-9/h7-11,18H,1-6H2,(H,16,20)(H,17,19). The molecule has 1 heterocycles. The molecule has 3 rings (SSSR count). The van der Waals surface area contributed by atoms with E-state index in [4.69, 9.17) is 0 Å². The number of aliphatic hydroxyl groups excluding tert-OH is 1. The summed E-state index contributed by atoms with van der Waals surface area (Å²) in [7, 11) is 0. The zero-order valence-corrected chi connectivity index (χ0v) is 12.6. The Kier molecular flexibility index (Phi) is 4.26. The Hall–Kier alpha value is -1.40. The van der Waals surface area contributed by atoms with Crippen molar-refractivity contribution >= 4 is 28.2 Å². The molecule has 6 heteroatoms. The number of hydrogen-bond donors (Lipinski definition) is 3. The third kappa shape index (κ3) is 3.63. The van der Waals surface area contributed by atoms with E-state index in [0.717, 1.165) is 38.5 Å². The molecule has 2 aliphatic carbocycles. The van der Waals surface area contributed by atoms with Crippen molar-refractivity contribution in [2.75, 3.05) is 5.32 Å². The molecule has 0 aliphatic heterocycles. The van der Waals surface area contributed by atoms with Crippen molar-refractivity contribution in [3.8, 4) is 0 Å². The van der Waals surface area contributed by atoms with E-state index in [2.05, 4.69) is 10.6 Å². The van der Waals surface area contributed by atoms with E-state index in [1.807, 2.05) is 0 Å². The zero-order chi connectivity index (χ0) is 14.8. The number of carbonyl (C=O) groups excluding carboxylic acids is 2. The molecule has 5 nitrogen and oxygen atoms in total. The molecule has 3 N–H and O–H groups in total. The van der Waals surface area contributed by atoms with E-state index in [9.17, 15) is 14.7 Å². The van der Waals surface area contributed by atoms with E-state index in [1.165, 1.54) is 11.3 Å². The highest BCUT2D eigenvalue weighted by Crippen LogP contribution is 2.31. The number of thiophene rings is 1. The van der Waals surface area contributed by atoms with Crippen LogP contribution in [0.4, 0.5) is 5.00 Å². The normalized spacial score (nSPS) is 25.4. The largest absolute Gasteiger partial charge is 0.391 e. The van der Waals surface area contributed by atoms with Gasteiger partial charge in [-0.1, -0.05) is 12.8 Å². The third-order valence-electron chi connectivity index (χ3n) is 4.07. The molecule has 2 aliphatic rings. The third-order valence-corrected chi connectivity index (χ3v) is 5.07. The average molecular weight is 308 g/mol. The highest BCUT2D eigenvalue weighted by atomic mass is 32.1. The molecule has 2 fully saturated rings. The number of rotatable bonds is 4. The molecule has 0 aromatic carbocycles. The minimum atomic E-state index is -0.447. The lowest BCUT2D eigenvalue weighted by Crippen LogP contribution is -2.44. The molecule has 0 spiro atoms. The Morgan fingerprint density at radius 2 is 1.90 bits per heavy atom. The minimum absolute atomic E-state index is 0.0477. The Labute approximate surface area is 127 Å². The van der Waals surface area contributed by atoms with Gasteiger partial charge in [0.2, 0.25) is 5.91 Å². The van der Waals surface area contributed by atoms with E-state index < -0.39 is 6.10 Å². The monoisotopic (exact) mass is 308 g/mol. The molecule has 0 saturated heterocycles. The van der Waals surface area contributed by atoms with Crippen LogP contribution in [0.3, 0.4) is 0 Å². The van der Waals surface area contributed by atoms with Gasteiger partial charge in [0.25, 0.3) is 5.91 Å². The first kappa shape index (κ1) is 14.5. The smallest absolute Gasteiger partial charge is 0.261 e. The van der Waals surface area contributed by atoms with Gasteiger partial charge in [-0.15, -0.1) is 11.3 Å². The highest BCUT2D eigenvalue weighted by Gasteiger charge is 2.30. The molecule has 2 amide bonds. The van der Waals surface area contributed by atoms with Crippen molar-refractivity contribution < 1.29 is 14.7 Å². The molecule has 0 radical (unpaired) electrons. The maximum atomic E-state index is 12.2. The number of anilines is 1. The molecule has 1 aromatic heterocycles. The summed E-state index contributed by atoms with van der Waals surface area (Å²) >= 11 is 1.28. The van der Waals surface area contributed by atoms with Crippen LogP contribution in [0, 0.1) is 5.92 Å². The molecular formula is C15H20N2O3S. The Balaban J connectivity index is 1.57. The van der Waals surface area contributed by atoms with Crippen molar-refractivity contribution in [3.63, 3.8) is 0 Å². The van der Waals surface area contributed by atoms with Crippen LogP contribution in [-0.4, -0.2) is 29.1 Å². The van der Waals surface area contributed by atoms with E-state index >= 15 is 0 Å². The quantitative estimate of drug-likeness (QED) is 0.797. The van der Waals surface area contributed by atoms with E-state index in [1.54, 1.807) is 12.1 Å². The fourth-order valence-electron chi connectivity index (χ4n) is 2.62. The van der Waals surface area contributed by atoms with Gasteiger partial charge >= 0.3 is 0 Å². The van der Waals surface area contributed by atoms with Crippen LogP contribution in [0.2, 0.25) is 0 Å². The Morgan fingerprint density at radius 1 is 1.14 bits per heavy atom. The van der Waals surface area contributed by atoms with E-state index in [-0.39, 0.29) is 23.8 Å². The van der Waals surface area contributed by atoms with Crippen LogP contribution in [0.25, 0.3) is 0 Å². The van der Waals surface area contributed by atoms with Crippen molar-refractivity contribution in [2.24, 2.45) is 5.92 Å². The number of nitrogens with one attached hydrogen (secondary N) is 2. The van der Waals surface area contributed by atoms with E-state index in [0.29, 0.717) is 9.88 Å². The average Bonchev–Trinajstić information content (AvgIpc) is 3.22. The highest BCUT2D eigenvalue weighted by molar-refractivity contribution is 7.18. The van der Waals surface area contributed by atoms with Gasteiger partial charge in [-0.3, -0.25) is 9.59 Å². The fourth-order valence-corrected chi connectivity index (χ4v) is 3.43. The lowest BCUT2D eigenvalue weighted by Gasteiger charge is -2.28. The van der Waals surface area contributed by atoms with Gasteiger partial charge in [-0.05, 0) is 37.8 Å². The molecule has 2 unspecified atom stereocenters. The second kappa shape index (κ2) is 6.15. The van der Waals surface area contributed by atoms with Gasteiger partial charge in [-0.2, -0.15) is 0 Å². The van der Waals surface area contributed by atoms with Gasteiger partial charge in [0.1, 0.15) is 0 Å². The summed E-state index contributed by atoms with van der Waals surface area (Å²) in [5.74, 6) is 0.0335. The molecule has 114 valence electrons. The molecule has 2 saturated carbocycles. The maximum Gasteiger partial charge on any atom is 0.261 e. The molecule has 0 bridgehead atoms. The number of aliphatic hydroxyl groups is 1. The summed E-state index contributed by atoms with van der Waals surface area (Å²) in [4.78, 5) is 24.4. The molecule has 1 aromatic rings. The SMILES string of the molecule is O=C(NC1CCCCC1O)c1ccc(NC(=O)C2CC2)s1. The van der Waals surface area contributed by atoms with Gasteiger partial charge < -0.3 is 15.7 Å². The van der Waals surface area contributed by atoms with Gasteiger partial charge in [0, 0.05) is 5.92 Å². The Bertz CT molecular complexity index is 539. The summed E-state index contributed by atoms with van der Waals surface area (Å²) in [6.07, 6.45) is 5.10. The summed E-state index contributed by atoms with van der Waals surface area (Å²) in [6, 6.07) is 3.33. The molecule has 21 heavy (non-hydrogen) atoms. The first-order chi connectivity index (χ1) is 10.1. The summed E-state index contributed by atoms with van der Waals surface area (Å²) in [5.41, 5.74) is 0. The van der Waals surface area contributed by atoms with Crippen molar-refractivity contribution in [3.05, 3.63) is 17.0 Å². The van der Waals surface area contributed by atoms with Crippen LogP contribution < -0.4 is 10.6 Å². The van der Waals surface area contributed by atoms with Crippen molar-refractivity contribution in [1.29, 1.82) is 0 Å². The van der Waals surface area contributed by atoms with Gasteiger partial charge in [0.05, 0.1) is 22.0 Å². The van der Waals surface area contributed by atoms with Crippen LogP contribution in [-0.2, 0) is 4.79 Å². The summed E-state index contributed by atoms with van der Waals surface area (Å²) in [6.45, 7) is 0. The van der Waals surface area contributed by atoms with Gasteiger partial charge in [0.15, 0.2) is 0 Å². The lowest BCUT2D eigenvalue weighted by molar-refractivity contribution is -0.117. The summed E-state index contributed by atoms with van der Waals surface area (Å²) in [5, 5.41) is 16.3. The topological polar surface area (TPSA) is 78.4 Å². The lowest BCUT2D eigenvalue weighted by atomic mass is 9.92.